The fraction of sp³-hybridized carbons (Fsp3) is 0.171. The van der Waals surface area contributed by atoms with E-state index < -0.39 is 29.2 Å². The first-order chi connectivity index (χ1) is 20.5. The molecule has 7 rings (SSSR count). The first kappa shape index (κ1) is 25.9. The molecule has 0 bridgehead atoms. The van der Waals surface area contributed by atoms with Crippen molar-refractivity contribution < 1.29 is 23.5 Å². The number of nitrogens with zero attached hydrogens (tertiary/aromatic N) is 1. The number of Topliss-reactive ketones (excluding diaryl/α,β-unsaturated/α-hetero) is 2. The molecule has 0 saturated carbocycles. The molecule has 0 unspecified atom stereocenters. The van der Waals surface area contributed by atoms with Crippen LogP contribution < -0.4 is 10.1 Å². The zero-order valence-corrected chi connectivity index (χ0v) is 22.8. The van der Waals surface area contributed by atoms with Gasteiger partial charge in [-0.2, -0.15) is 0 Å². The van der Waals surface area contributed by atoms with Crippen LogP contribution in [-0.2, 0) is 10.2 Å². The Balaban J connectivity index is 1.54. The van der Waals surface area contributed by atoms with Crippen molar-refractivity contribution in [3.8, 4) is 5.75 Å². The quantitative estimate of drug-likeness (QED) is 0.285. The minimum absolute atomic E-state index is 0.257. The zero-order chi connectivity index (χ0) is 29.0. The average Bonchev–Trinajstić information content (AvgIpc) is 3.49. The van der Waals surface area contributed by atoms with Gasteiger partial charge in [-0.25, -0.2) is 4.39 Å². The summed E-state index contributed by atoms with van der Waals surface area (Å²) >= 11 is 0. The van der Waals surface area contributed by atoms with Crippen LogP contribution in [0.2, 0.25) is 0 Å². The Kier molecular flexibility index (Phi) is 6.04. The number of amides is 1. The third kappa shape index (κ3) is 3.59. The second-order valence-electron chi connectivity index (χ2n) is 10.8. The highest BCUT2D eigenvalue weighted by atomic mass is 19.1. The third-order valence-electron chi connectivity index (χ3n) is 8.70. The molecule has 42 heavy (non-hydrogen) atoms. The van der Waals surface area contributed by atoms with Crippen LogP contribution in [0.1, 0.15) is 50.4 Å². The van der Waals surface area contributed by atoms with Gasteiger partial charge in [0.25, 0.3) is 0 Å². The fourth-order valence-electron chi connectivity index (χ4n) is 7.07. The molecule has 3 aliphatic heterocycles. The minimum Gasteiger partial charge on any atom is -0.493 e. The van der Waals surface area contributed by atoms with Gasteiger partial charge in [0.05, 0.1) is 24.1 Å². The minimum atomic E-state index is -1.45. The molecule has 6 nitrogen and oxygen atoms in total. The monoisotopic (exact) mass is 558 g/mol. The van der Waals surface area contributed by atoms with Crippen molar-refractivity contribution in [2.75, 3.05) is 11.9 Å². The van der Waals surface area contributed by atoms with Crippen LogP contribution in [0.5, 0.6) is 5.75 Å². The molecule has 1 fully saturated rings. The van der Waals surface area contributed by atoms with Gasteiger partial charge in [0.15, 0.2) is 11.6 Å². The van der Waals surface area contributed by atoms with E-state index in [1.54, 1.807) is 24.3 Å². The summed E-state index contributed by atoms with van der Waals surface area (Å²) in [5, 5.41) is 3.04. The highest BCUT2D eigenvalue weighted by Gasteiger charge is 2.70. The molecule has 0 aliphatic carbocycles. The van der Waals surface area contributed by atoms with Crippen LogP contribution in [-0.4, -0.2) is 35.0 Å². The molecule has 7 heteroatoms. The van der Waals surface area contributed by atoms with Gasteiger partial charge in [-0.15, -0.1) is 0 Å². The summed E-state index contributed by atoms with van der Waals surface area (Å²) in [6, 6.07) is 25.6. The summed E-state index contributed by atoms with van der Waals surface area (Å²) in [7, 11) is 0. The number of hydrogen-bond donors (Lipinski definition) is 1. The summed E-state index contributed by atoms with van der Waals surface area (Å²) in [6.07, 6.45) is 3.72. The zero-order valence-electron chi connectivity index (χ0n) is 22.8. The molecule has 208 valence electrons. The van der Waals surface area contributed by atoms with Crippen molar-refractivity contribution in [1.82, 2.24) is 4.90 Å². The van der Waals surface area contributed by atoms with Gasteiger partial charge in [0, 0.05) is 17.5 Å². The fourth-order valence-corrected chi connectivity index (χ4v) is 7.07. The lowest BCUT2D eigenvalue weighted by Crippen LogP contribution is -2.49. The lowest BCUT2D eigenvalue weighted by molar-refractivity contribution is -0.122. The van der Waals surface area contributed by atoms with Crippen molar-refractivity contribution in [2.45, 2.75) is 24.4 Å². The smallest absolute Gasteiger partial charge is 0.238 e. The third-order valence-corrected chi connectivity index (χ3v) is 8.70. The molecule has 3 heterocycles. The van der Waals surface area contributed by atoms with E-state index in [0.717, 1.165) is 11.1 Å². The molecule has 4 aromatic rings. The van der Waals surface area contributed by atoms with E-state index in [0.29, 0.717) is 29.2 Å². The van der Waals surface area contributed by atoms with Crippen LogP contribution in [0.15, 0.2) is 103 Å². The summed E-state index contributed by atoms with van der Waals surface area (Å²) in [4.78, 5) is 45.9. The number of fused-ring (bicyclic) bond motifs is 6. The molecule has 1 amide bonds. The molecular formula is C35H27FN2O4. The van der Waals surface area contributed by atoms with Crippen molar-refractivity contribution in [1.29, 1.82) is 0 Å². The standard InChI is InChI=1S/C35H27FN2O4/c1-2-42-28-14-8-5-11-25(28)32(40)29-30(31(39)22-15-17-23(36)18-16-22)38-20-19-21-9-3-4-10-24(21)33(38)35(29)26-12-6-7-13-27(26)37-34(35)41/h3-20,29-30,33H,2H2,1H3,(H,37,41)/t29-,30+,33+,35-/m0/s1. The topological polar surface area (TPSA) is 75.7 Å². The number of ether oxygens (including phenoxy) is 1. The second kappa shape index (κ2) is 9.80. The number of hydrogen-bond acceptors (Lipinski definition) is 5. The van der Waals surface area contributed by atoms with Crippen LogP contribution in [0, 0.1) is 11.7 Å². The summed E-state index contributed by atoms with van der Waals surface area (Å²) in [6.45, 7) is 2.17. The first-order valence-electron chi connectivity index (χ1n) is 14.0. The van der Waals surface area contributed by atoms with E-state index in [1.807, 2.05) is 72.6 Å². The van der Waals surface area contributed by atoms with Gasteiger partial charge in [0.2, 0.25) is 5.91 Å². The number of benzene rings is 4. The normalized spacial score (nSPS) is 23.2. The molecular weight excluding hydrogens is 531 g/mol. The SMILES string of the molecule is CCOc1ccccc1C(=O)[C@@H]1[C@H](C(=O)c2ccc(F)cc2)N2C=Cc3ccccc3[C@@H]2[C@@]12C(=O)Nc1ccccc12. The highest BCUT2D eigenvalue weighted by molar-refractivity contribution is 6.17. The first-order valence-corrected chi connectivity index (χ1v) is 14.0. The van der Waals surface area contributed by atoms with Crippen molar-refractivity contribution >= 4 is 29.2 Å². The predicted octanol–water partition coefficient (Wildman–Crippen LogP) is 6.21. The van der Waals surface area contributed by atoms with Crippen LogP contribution in [0.4, 0.5) is 10.1 Å². The molecule has 1 spiro atoms. The average molecular weight is 559 g/mol. The summed E-state index contributed by atoms with van der Waals surface area (Å²) < 4.78 is 19.8. The summed E-state index contributed by atoms with van der Waals surface area (Å²) in [5.41, 5.74) is 2.14. The van der Waals surface area contributed by atoms with Gasteiger partial charge in [-0.3, -0.25) is 14.4 Å². The van der Waals surface area contributed by atoms with Gasteiger partial charge in [-0.1, -0.05) is 54.6 Å². The molecule has 1 N–H and O–H groups in total. The number of anilines is 1. The van der Waals surface area contributed by atoms with Crippen molar-refractivity contribution in [3.05, 3.63) is 137 Å². The van der Waals surface area contributed by atoms with Gasteiger partial charge in [0.1, 0.15) is 23.0 Å². The number of rotatable bonds is 6. The summed E-state index contributed by atoms with van der Waals surface area (Å²) in [5.74, 6) is -2.30. The Labute approximate surface area is 242 Å². The van der Waals surface area contributed by atoms with E-state index in [2.05, 4.69) is 5.32 Å². The Bertz CT molecular complexity index is 1780. The van der Waals surface area contributed by atoms with Crippen molar-refractivity contribution in [2.24, 2.45) is 5.92 Å². The van der Waals surface area contributed by atoms with Gasteiger partial charge < -0.3 is 15.0 Å². The van der Waals surface area contributed by atoms with E-state index in [-0.39, 0.29) is 23.0 Å². The maximum absolute atomic E-state index is 15.0. The van der Waals surface area contributed by atoms with Crippen molar-refractivity contribution in [3.63, 3.8) is 0 Å². The molecule has 4 atom stereocenters. The lowest BCUT2D eigenvalue weighted by Gasteiger charge is -2.38. The Morgan fingerprint density at radius 3 is 2.43 bits per heavy atom. The second-order valence-corrected chi connectivity index (χ2v) is 10.8. The Hall–Kier alpha value is -5.04. The Morgan fingerprint density at radius 2 is 1.62 bits per heavy atom. The van der Waals surface area contributed by atoms with E-state index in [9.17, 15) is 18.8 Å². The maximum atomic E-state index is 15.0. The lowest BCUT2D eigenvalue weighted by atomic mass is 9.62. The Morgan fingerprint density at radius 1 is 0.905 bits per heavy atom. The van der Waals surface area contributed by atoms with E-state index in [4.69, 9.17) is 4.74 Å². The molecule has 0 radical (unpaired) electrons. The molecule has 1 saturated heterocycles. The van der Waals surface area contributed by atoms with Crippen LogP contribution >= 0.6 is 0 Å². The number of para-hydroxylation sites is 2. The predicted molar refractivity (Wildman–Crippen MR) is 157 cm³/mol. The molecule has 0 aromatic heterocycles. The van der Waals surface area contributed by atoms with Crippen LogP contribution in [0.25, 0.3) is 6.08 Å². The number of ketones is 2. The van der Waals surface area contributed by atoms with E-state index >= 15 is 0 Å². The largest absolute Gasteiger partial charge is 0.493 e. The number of carbonyl (C=O) groups excluding carboxylic acids is 3. The molecule has 4 aromatic carbocycles. The maximum Gasteiger partial charge on any atom is 0.238 e. The number of halogens is 1. The number of nitrogens with one attached hydrogen (secondary N) is 1. The molecule has 3 aliphatic rings. The van der Waals surface area contributed by atoms with Crippen LogP contribution in [0.3, 0.4) is 0 Å². The number of carbonyl (C=O) groups is 3. The van der Waals surface area contributed by atoms with E-state index in [1.165, 1.54) is 24.3 Å². The van der Waals surface area contributed by atoms with Gasteiger partial charge >= 0.3 is 0 Å². The van der Waals surface area contributed by atoms with Gasteiger partial charge in [-0.05, 0) is 72.2 Å². The highest BCUT2D eigenvalue weighted by Crippen LogP contribution is 2.62.